The van der Waals surface area contributed by atoms with Gasteiger partial charge in [-0.05, 0) is 42.7 Å². The number of anilines is 1. The number of carbonyl (C=O) groups excluding carboxylic acids is 3. The number of aryl methyl sites for hydroxylation is 1. The van der Waals surface area contributed by atoms with E-state index in [0.29, 0.717) is 21.0 Å². The van der Waals surface area contributed by atoms with Gasteiger partial charge in [-0.2, -0.15) is 0 Å². The molecule has 0 fully saturated rings. The average Bonchev–Trinajstić information content (AvgIpc) is 3.46. The molecule has 1 atom stereocenters. The summed E-state index contributed by atoms with van der Waals surface area (Å²) in [5, 5.41) is 8.31. The number of hydrogen-bond donors (Lipinski definition) is 2. The Hall–Kier alpha value is -2.97. The first-order valence-corrected chi connectivity index (χ1v) is 11.7. The van der Waals surface area contributed by atoms with Crippen LogP contribution in [0.1, 0.15) is 53.7 Å². The molecule has 2 aromatic heterocycles. The molecule has 0 saturated carbocycles. The molecule has 0 saturated heterocycles. The van der Waals surface area contributed by atoms with Crippen molar-refractivity contribution >= 4 is 45.3 Å². The number of fused-ring (bicyclic) bond motifs is 1. The molecular weight excluding hydrogens is 432 g/mol. The van der Waals surface area contributed by atoms with Crippen LogP contribution in [0.2, 0.25) is 0 Å². The summed E-state index contributed by atoms with van der Waals surface area (Å²) in [7, 11) is 1.35. The van der Waals surface area contributed by atoms with Crippen molar-refractivity contribution in [3.63, 3.8) is 0 Å². The number of nitrogens with one attached hydrogen (secondary N) is 2. The first kappa shape index (κ1) is 21.3. The number of rotatable bonds is 7. The Morgan fingerprint density at radius 3 is 2.52 bits per heavy atom. The van der Waals surface area contributed by atoms with E-state index in [1.54, 1.807) is 41.8 Å². The van der Waals surface area contributed by atoms with Crippen LogP contribution in [-0.4, -0.2) is 30.9 Å². The monoisotopic (exact) mass is 454 g/mol. The Morgan fingerprint density at radius 1 is 1.03 bits per heavy atom. The van der Waals surface area contributed by atoms with Crippen LogP contribution in [0.3, 0.4) is 0 Å². The van der Waals surface area contributed by atoms with Crippen LogP contribution in [0.4, 0.5) is 5.00 Å². The second-order valence-electron chi connectivity index (χ2n) is 7.16. The van der Waals surface area contributed by atoms with Crippen LogP contribution in [0.15, 0.2) is 47.8 Å². The van der Waals surface area contributed by atoms with E-state index >= 15 is 0 Å². The van der Waals surface area contributed by atoms with Crippen LogP contribution in [0.5, 0.6) is 0 Å². The zero-order valence-corrected chi connectivity index (χ0v) is 18.6. The van der Waals surface area contributed by atoms with Crippen LogP contribution in [-0.2, 0) is 17.6 Å². The highest BCUT2D eigenvalue weighted by molar-refractivity contribution is 7.16. The smallest absolute Gasteiger partial charge is 0.341 e. The third-order valence-corrected chi connectivity index (χ3v) is 7.27. The van der Waals surface area contributed by atoms with Gasteiger partial charge < -0.3 is 15.4 Å². The van der Waals surface area contributed by atoms with Crippen molar-refractivity contribution in [2.24, 2.45) is 0 Å². The predicted octanol–water partition coefficient (Wildman–Crippen LogP) is 4.53. The zero-order chi connectivity index (χ0) is 21.8. The van der Waals surface area contributed by atoms with Crippen molar-refractivity contribution in [2.75, 3.05) is 12.4 Å². The summed E-state index contributed by atoms with van der Waals surface area (Å²) in [6.07, 6.45) is 2.74. The van der Waals surface area contributed by atoms with E-state index in [9.17, 15) is 14.4 Å². The number of benzene rings is 1. The molecule has 0 unspecified atom stereocenters. The minimum Gasteiger partial charge on any atom is -0.465 e. The molecule has 0 spiro atoms. The number of methoxy groups -OCH3 is 1. The van der Waals surface area contributed by atoms with E-state index in [4.69, 9.17) is 4.74 Å². The van der Waals surface area contributed by atoms with Crippen LogP contribution in [0, 0.1) is 0 Å². The molecule has 0 aliphatic heterocycles. The maximum absolute atomic E-state index is 13.3. The standard InChI is InChI=1S/C23H22N2O4S2/c1-29-23(28)18-15-10-5-6-11-16(15)31-22(18)25-20(19(26)14-8-3-2-4-9-14)24-21(27)17-12-7-13-30-17/h2-4,7-9,12-13,20,25H,5-6,10-11H2,1H3,(H,24,27)/t20-/m0/s1. The number of Topliss-reactive ketones (excluding diaryl/α,β-unsaturated/α-hetero) is 1. The number of ketones is 1. The number of esters is 1. The molecule has 6 nitrogen and oxygen atoms in total. The first-order valence-electron chi connectivity index (χ1n) is 10.0. The Bertz CT molecular complexity index is 1090. The Balaban J connectivity index is 1.69. The van der Waals surface area contributed by atoms with Gasteiger partial charge in [-0.1, -0.05) is 36.4 Å². The summed E-state index contributed by atoms with van der Waals surface area (Å²) in [6.45, 7) is 0. The lowest BCUT2D eigenvalue weighted by Crippen LogP contribution is -2.46. The van der Waals surface area contributed by atoms with Crippen LogP contribution in [0.25, 0.3) is 0 Å². The van der Waals surface area contributed by atoms with Gasteiger partial charge in [-0.15, -0.1) is 22.7 Å². The Kier molecular flexibility index (Phi) is 6.48. The molecular formula is C23H22N2O4S2. The van der Waals surface area contributed by atoms with Gasteiger partial charge in [-0.25, -0.2) is 4.79 Å². The predicted molar refractivity (Wildman–Crippen MR) is 122 cm³/mol. The fourth-order valence-electron chi connectivity index (χ4n) is 3.66. The largest absolute Gasteiger partial charge is 0.465 e. The molecule has 1 aliphatic rings. The van der Waals surface area contributed by atoms with Crippen molar-refractivity contribution in [2.45, 2.75) is 31.8 Å². The van der Waals surface area contributed by atoms with E-state index < -0.39 is 12.1 Å². The molecule has 160 valence electrons. The SMILES string of the molecule is COC(=O)c1c(N[C@H](NC(=O)c2cccs2)C(=O)c2ccccc2)sc2c1CCCC2. The fraction of sp³-hybridized carbons (Fsp3) is 0.261. The lowest BCUT2D eigenvalue weighted by Gasteiger charge is -2.20. The maximum atomic E-state index is 13.3. The summed E-state index contributed by atoms with van der Waals surface area (Å²) in [5.74, 6) is -1.07. The van der Waals surface area contributed by atoms with Crippen molar-refractivity contribution in [1.29, 1.82) is 0 Å². The highest BCUT2D eigenvalue weighted by Crippen LogP contribution is 2.39. The molecule has 4 rings (SSSR count). The van der Waals surface area contributed by atoms with Gasteiger partial charge in [0.15, 0.2) is 6.17 Å². The molecule has 3 aromatic rings. The Morgan fingerprint density at radius 2 is 1.81 bits per heavy atom. The molecule has 31 heavy (non-hydrogen) atoms. The minimum atomic E-state index is -1.03. The molecule has 8 heteroatoms. The van der Waals surface area contributed by atoms with Crippen molar-refractivity contribution in [3.8, 4) is 0 Å². The second-order valence-corrected chi connectivity index (χ2v) is 9.22. The van der Waals surface area contributed by atoms with Gasteiger partial charge in [0, 0.05) is 10.4 Å². The van der Waals surface area contributed by atoms with Crippen molar-refractivity contribution < 1.29 is 19.1 Å². The number of thiophene rings is 2. The van der Waals surface area contributed by atoms with Gasteiger partial charge in [0.2, 0.25) is 5.78 Å². The topological polar surface area (TPSA) is 84.5 Å². The van der Waals surface area contributed by atoms with Crippen LogP contribution < -0.4 is 10.6 Å². The minimum absolute atomic E-state index is 0.285. The number of hydrogen-bond acceptors (Lipinski definition) is 7. The molecule has 1 amide bonds. The summed E-state index contributed by atoms with van der Waals surface area (Å²) in [4.78, 5) is 40.2. The van der Waals surface area contributed by atoms with Crippen LogP contribution >= 0.6 is 22.7 Å². The highest BCUT2D eigenvalue weighted by atomic mass is 32.1. The summed E-state index contributed by atoms with van der Waals surface area (Å²) < 4.78 is 5.03. The zero-order valence-electron chi connectivity index (χ0n) is 17.0. The molecule has 0 bridgehead atoms. The summed E-state index contributed by atoms with van der Waals surface area (Å²) in [6, 6.07) is 12.3. The third-order valence-electron chi connectivity index (χ3n) is 5.18. The van der Waals surface area contributed by atoms with Crippen molar-refractivity contribution in [3.05, 3.63) is 74.3 Å². The quantitative estimate of drug-likeness (QED) is 0.311. The molecule has 2 heterocycles. The van der Waals surface area contributed by atoms with Gasteiger partial charge in [-0.3, -0.25) is 9.59 Å². The second kappa shape index (κ2) is 9.45. The lowest BCUT2D eigenvalue weighted by atomic mass is 9.95. The van der Waals surface area contributed by atoms with E-state index in [2.05, 4.69) is 10.6 Å². The molecule has 1 aromatic carbocycles. The Labute approximate surface area is 188 Å². The normalized spacial score (nSPS) is 13.7. The maximum Gasteiger partial charge on any atom is 0.341 e. The average molecular weight is 455 g/mol. The number of amides is 1. The van der Waals surface area contributed by atoms with E-state index in [0.717, 1.165) is 36.1 Å². The van der Waals surface area contributed by atoms with E-state index in [1.807, 2.05) is 6.07 Å². The molecule has 1 aliphatic carbocycles. The lowest BCUT2D eigenvalue weighted by molar-refractivity contribution is 0.0600. The van der Waals surface area contributed by atoms with Gasteiger partial charge in [0.1, 0.15) is 5.00 Å². The van der Waals surface area contributed by atoms with E-state index in [-0.39, 0.29) is 11.7 Å². The summed E-state index contributed by atoms with van der Waals surface area (Å²) in [5.41, 5.74) is 1.92. The van der Waals surface area contributed by atoms with Gasteiger partial charge >= 0.3 is 5.97 Å². The van der Waals surface area contributed by atoms with Gasteiger partial charge in [0.25, 0.3) is 5.91 Å². The molecule has 2 N–H and O–H groups in total. The number of ether oxygens (including phenoxy) is 1. The number of carbonyl (C=O) groups is 3. The third kappa shape index (κ3) is 4.55. The van der Waals surface area contributed by atoms with Gasteiger partial charge in [0.05, 0.1) is 17.6 Å². The first-order chi connectivity index (χ1) is 15.1. The highest BCUT2D eigenvalue weighted by Gasteiger charge is 2.30. The molecule has 0 radical (unpaired) electrons. The van der Waals surface area contributed by atoms with Crippen molar-refractivity contribution in [1.82, 2.24) is 5.32 Å². The fourth-order valence-corrected chi connectivity index (χ4v) is 5.60. The van der Waals surface area contributed by atoms with E-state index in [1.165, 1.54) is 29.8 Å². The summed E-state index contributed by atoms with van der Waals surface area (Å²) >= 11 is 2.76.